The van der Waals surface area contributed by atoms with Gasteiger partial charge in [0.05, 0.1) is 10.8 Å². The molecule has 1 N–H and O–H groups in total. The normalized spacial score (nSPS) is 23.2. The van der Waals surface area contributed by atoms with Gasteiger partial charge in [0.25, 0.3) is 0 Å². The molecule has 2 heterocycles. The highest BCUT2D eigenvalue weighted by molar-refractivity contribution is 7.85. The van der Waals surface area contributed by atoms with Gasteiger partial charge >= 0.3 is 0 Å². The first-order valence-electron chi connectivity index (χ1n) is 9.87. The van der Waals surface area contributed by atoms with Crippen molar-refractivity contribution >= 4 is 16.8 Å². The number of aliphatic imine (C=N–C) groups is 1. The second-order valence-electron chi connectivity index (χ2n) is 7.30. The Balaban J connectivity index is 1.41. The van der Waals surface area contributed by atoms with Gasteiger partial charge in [0.15, 0.2) is 5.96 Å². The van der Waals surface area contributed by atoms with E-state index in [1.54, 1.807) is 0 Å². The molecule has 0 saturated carbocycles. The van der Waals surface area contributed by atoms with Crippen LogP contribution in [0.3, 0.4) is 0 Å². The van der Waals surface area contributed by atoms with Crippen LogP contribution in [0, 0.1) is 5.92 Å². The average Bonchev–Trinajstić information content (AvgIpc) is 3.15. The van der Waals surface area contributed by atoms with Crippen molar-refractivity contribution < 1.29 is 4.21 Å². The summed E-state index contributed by atoms with van der Waals surface area (Å²) in [7, 11) is 0.884. The molecule has 3 rings (SSSR count). The Morgan fingerprint density at radius 2 is 1.96 bits per heavy atom. The zero-order valence-electron chi connectivity index (χ0n) is 15.9. The summed E-state index contributed by atoms with van der Waals surface area (Å²) in [6.45, 7) is 6.61. The second kappa shape index (κ2) is 10.1. The standard InChI is InChI=1S/C20H32N4OS/c1-21-20(22-11-15-26(25)19-8-4-2-5-9-19)24-14-10-18(17-24)16-23-12-6-3-7-13-23/h2,4-5,8-9,18H,3,6-7,10-17H2,1H3,(H,21,22). The van der Waals surface area contributed by atoms with Crippen LogP contribution in [0.1, 0.15) is 25.7 Å². The van der Waals surface area contributed by atoms with E-state index in [4.69, 9.17) is 0 Å². The molecule has 2 atom stereocenters. The maximum Gasteiger partial charge on any atom is 0.193 e. The number of guanidine groups is 1. The molecule has 26 heavy (non-hydrogen) atoms. The van der Waals surface area contributed by atoms with E-state index in [9.17, 15) is 4.21 Å². The summed E-state index contributed by atoms with van der Waals surface area (Å²) >= 11 is 0. The zero-order chi connectivity index (χ0) is 18.2. The van der Waals surface area contributed by atoms with Gasteiger partial charge in [-0.05, 0) is 50.4 Å². The van der Waals surface area contributed by atoms with Gasteiger partial charge < -0.3 is 15.1 Å². The monoisotopic (exact) mass is 376 g/mol. The van der Waals surface area contributed by atoms with E-state index >= 15 is 0 Å². The maximum atomic E-state index is 12.3. The molecular formula is C20H32N4OS. The lowest BCUT2D eigenvalue weighted by Gasteiger charge is -2.29. The lowest BCUT2D eigenvalue weighted by atomic mass is 10.1. The summed E-state index contributed by atoms with van der Waals surface area (Å²) < 4.78 is 12.3. The number of likely N-dealkylation sites (tertiary alicyclic amines) is 2. The Labute approximate surface area is 160 Å². The van der Waals surface area contributed by atoms with Crippen molar-refractivity contribution in [3.63, 3.8) is 0 Å². The first-order chi connectivity index (χ1) is 12.8. The summed E-state index contributed by atoms with van der Waals surface area (Å²) in [5.74, 6) is 2.30. The molecular weight excluding hydrogens is 344 g/mol. The van der Waals surface area contributed by atoms with Gasteiger partial charge in [-0.25, -0.2) is 0 Å². The fraction of sp³-hybridized carbons (Fsp3) is 0.650. The number of nitrogens with one attached hydrogen (secondary N) is 1. The molecule has 0 bridgehead atoms. The largest absolute Gasteiger partial charge is 0.355 e. The lowest BCUT2D eigenvalue weighted by molar-refractivity contribution is 0.198. The minimum Gasteiger partial charge on any atom is -0.355 e. The predicted molar refractivity (Wildman–Crippen MR) is 109 cm³/mol. The summed E-state index contributed by atoms with van der Waals surface area (Å²) in [5.41, 5.74) is 0. The average molecular weight is 377 g/mol. The highest BCUT2D eigenvalue weighted by Crippen LogP contribution is 2.19. The highest BCUT2D eigenvalue weighted by atomic mass is 32.2. The summed E-state index contributed by atoms with van der Waals surface area (Å²) in [6.07, 6.45) is 5.36. The Hall–Kier alpha value is -1.40. The molecule has 2 aliphatic rings. The van der Waals surface area contributed by atoms with Crippen molar-refractivity contribution in [2.45, 2.75) is 30.6 Å². The molecule has 0 aliphatic carbocycles. The molecule has 1 aromatic carbocycles. The molecule has 2 unspecified atom stereocenters. The number of nitrogens with zero attached hydrogens (tertiary/aromatic N) is 3. The quantitative estimate of drug-likeness (QED) is 0.611. The molecule has 2 aliphatic heterocycles. The molecule has 6 heteroatoms. The van der Waals surface area contributed by atoms with Crippen molar-refractivity contribution in [2.75, 3.05) is 52.1 Å². The molecule has 144 valence electrons. The Kier molecular flexibility index (Phi) is 7.50. The predicted octanol–water partition coefficient (Wildman–Crippen LogP) is 2.18. The molecule has 0 radical (unpaired) electrons. The molecule has 0 spiro atoms. The van der Waals surface area contributed by atoms with Crippen LogP contribution in [0.15, 0.2) is 40.2 Å². The number of hydrogen-bond acceptors (Lipinski definition) is 3. The number of hydrogen-bond donors (Lipinski definition) is 1. The van der Waals surface area contributed by atoms with Gasteiger partial charge in [-0.15, -0.1) is 0 Å². The van der Waals surface area contributed by atoms with E-state index in [0.717, 1.165) is 29.9 Å². The molecule has 5 nitrogen and oxygen atoms in total. The topological polar surface area (TPSA) is 47.9 Å². The third-order valence-corrected chi connectivity index (χ3v) is 6.71. The van der Waals surface area contributed by atoms with Gasteiger partial charge in [0.2, 0.25) is 0 Å². The molecule has 1 aromatic rings. The van der Waals surface area contributed by atoms with Crippen LogP contribution in [0.5, 0.6) is 0 Å². The van der Waals surface area contributed by atoms with Crippen molar-refractivity contribution in [1.29, 1.82) is 0 Å². The van der Waals surface area contributed by atoms with E-state index in [1.807, 2.05) is 37.4 Å². The molecule has 2 saturated heterocycles. The fourth-order valence-corrected chi connectivity index (χ4v) is 4.94. The van der Waals surface area contributed by atoms with Crippen LogP contribution in [0.2, 0.25) is 0 Å². The van der Waals surface area contributed by atoms with E-state index in [0.29, 0.717) is 12.3 Å². The van der Waals surface area contributed by atoms with Crippen molar-refractivity contribution in [2.24, 2.45) is 10.9 Å². The molecule has 0 amide bonds. The van der Waals surface area contributed by atoms with Gasteiger partial charge in [0, 0.05) is 43.9 Å². The summed E-state index contributed by atoms with van der Waals surface area (Å²) in [6, 6.07) is 9.68. The van der Waals surface area contributed by atoms with Crippen molar-refractivity contribution in [3.05, 3.63) is 30.3 Å². The van der Waals surface area contributed by atoms with Crippen LogP contribution < -0.4 is 5.32 Å². The number of rotatable bonds is 6. The summed E-state index contributed by atoms with van der Waals surface area (Å²) in [4.78, 5) is 10.3. The van der Waals surface area contributed by atoms with Crippen LogP contribution >= 0.6 is 0 Å². The maximum absolute atomic E-state index is 12.3. The van der Waals surface area contributed by atoms with Gasteiger partial charge in [-0.1, -0.05) is 24.6 Å². The third kappa shape index (κ3) is 5.55. The van der Waals surface area contributed by atoms with Crippen LogP contribution in [0.4, 0.5) is 0 Å². The Morgan fingerprint density at radius 1 is 1.19 bits per heavy atom. The first kappa shape index (κ1) is 19.4. The van der Waals surface area contributed by atoms with Gasteiger partial charge in [-0.3, -0.25) is 9.20 Å². The number of piperidine rings is 1. The fourth-order valence-electron chi connectivity index (χ4n) is 3.96. The highest BCUT2D eigenvalue weighted by Gasteiger charge is 2.26. The van der Waals surface area contributed by atoms with Crippen LogP contribution in [-0.4, -0.2) is 72.0 Å². The van der Waals surface area contributed by atoms with Crippen LogP contribution in [0.25, 0.3) is 0 Å². The van der Waals surface area contributed by atoms with E-state index in [1.165, 1.54) is 45.3 Å². The minimum absolute atomic E-state index is 0.605. The SMILES string of the molecule is CN=C(NCCS(=O)c1ccccc1)N1CCC(CN2CCCCC2)C1. The third-order valence-electron chi connectivity index (χ3n) is 5.34. The lowest BCUT2D eigenvalue weighted by Crippen LogP contribution is -2.42. The number of benzene rings is 1. The van der Waals surface area contributed by atoms with Crippen LogP contribution in [-0.2, 0) is 10.8 Å². The Morgan fingerprint density at radius 3 is 2.69 bits per heavy atom. The smallest absolute Gasteiger partial charge is 0.193 e. The van der Waals surface area contributed by atoms with E-state index in [2.05, 4.69) is 20.1 Å². The van der Waals surface area contributed by atoms with E-state index in [-0.39, 0.29) is 0 Å². The first-order valence-corrected chi connectivity index (χ1v) is 11.2. The summed E-state index contributed by atoms with van der Waals surface area (Å²) in [5, 5.41) is 3.41. The van der Waals surface area contributed by atoms with Gasteiger partial charge in [-0.2, -0.15) is 0 Å². The molecule has 0 aromatic heterocycles. The minimum atomic E-state index is -0.958. The molecule has 2 fully saturated rings. The van der Waals surface area contributed by atoms with E-state index < -0.39 is 10.8 Å². The second-order valence-corrected chi connectivity index (χ2v) is 8.87. The van der Waals surface area contributed by atoms with Crippen molar-refractivity contribution in [3.8, 4) is 0 Å². The Bertz CT molecular complexity index is 601. The van der Waals surface area contributed by atoms with Gasteiger partial charge in [0.1, 0.15) is 0 Å². The zero-order valence-corrected chi connectivity index (χ0v) is 16.7. The van der Waals surface area contributed by atoms with Crippen molar-refractivity contribution in [1.82, 2.24) is 15.1 Å².